The van der Waals surface area contributed by atoms with Crippen LogP contribution in [0.1, 0.15) is 18.9 Å². The maximum Gasteiger partial charge on any atom is 0.231 e. The molecule has 1 aliphatic rings. The summed E-state index contributed by atoms with van der Waals surface area (Å²) >= 11 is 0. The molecule has 0 fully saturated rings. The van der Waals surface area contributed by atoms with E-state index in [1.807, 2.05) is 25.1 Å². The summed E-state index contributed by atoms with van der Waals surface area (Å²) in [6, 6.07) is 5.65. The molecular formula is C13H18N2O3. The number of nitrogens with two attached hydrogens (primary N) is 1. The van der Waals surface area contributed by atoms with E-state index in [-0.39, 0.29) is 18.6 Å². The van der Waals surface area contributed by atoms with Gasteiger partial charge in [-0.3, -0.25) is 4.79 Å². The second kappa shape index (κ2) is 5.73. The lowest BCUT2D eigenvalue weighted by atomic mass is 10.1. The summed E-state index contributed by atoms with van der Waals surface area (Å²) in [5.41, 5.74) is 6.47. The quantitative estimate of drug-likeness (QED) is 0.818. The normalized spacial score (nSPS) is 14.3. The van der Waals surface area contributed by atoms with Gasteiger partial charge >= 0.3 is 0 Å². The van der Waals surface area contributed by atoms with Crippen LogP contribution in [0, 0.1) is 5.92 Å². The largest absolute Gasteiger partial charge is 0.454 e. The Morgan fingerprint density at radius 1 is 1.44 bits per heavy atom. The Morgan fingerprint density at radius 3 is 3.00 bits per heavy atom. The first kappa shape index (κ1) is 12.7. The molecule has 0 saturated heterocycles. The van der Waals surface area contributed by atoms with Crippen LogP contribution in [0.3, 0.4) is 0 Å². The molecule has 0 aliphatic carbocycles. The number of hydrogen-bond acceptors (Lipinski definition) is 4. The molecule has 98 valence electrons. The lowest BCUT2D eigenvalue weighted by Crippen LogP contribution is -2.26. The van der Waals surface area contributed by atoms with Gasteiger partial charge in [0, 0.05) is 13.0 Å². The summed E-state index contributed by atoms with van der Waals surface area (Å²) in [5, 5.41) is 2.86. The van der Waals surface area contributed by atoms with Crippen molar-refractivity contribution in [2.75, 3.05) is 13.3 Å². The van der Waals surface area contributed by atoms with Crippen LogP contribution < -0.4 is 20.5 Å². The van der Waals surface area contributed by atoms with Crippen molar-refractivity contribution in [3.05, 3.63) is 23.8 Å². The smallest absolute Gasteiger partial charge is 0.231 e. The van der Waals surface area contributed by atoms with Crippen LogP contribution in [-0.2, 0) is 11.3 Å². The van der Waals surface area contributed by atoms with Crippen LogP contribution >= 0.6 is 0 Å². The van der Waals surface area contributed by atoms with Crippen LogP contribution in [0.4, 0.5) is 0 Å². The fourth-order valence-corrected chi connectivity index (χ4v) is 1.72. The Hall–Kier alpha value is -1.75. The molecule has 1 aromatic rings. The first-order valence-electron chi connectivity index (χ1n) is 6.04. The van der Waals surface area contributed by atoms with Gasteiger partial charge in [-0.25, -0.2) is 0 Å². The Balaban J connectivity index is 1.85. The summed E-state index contributed by atoms with van der Waals surface area (Å²) in [7, 11) is 0. The fraction of sp³-hybridized carbons (Fsp3) is 0.462. The van der Waals surface area contributed by atoms with Crippen molar-refractivity contribution in [1.29, 1.82) is 0 Å². The molecule has 1 amide bonds. The van der Waals surface area contributed by atoms with Gasteiger partial charge in [0.15, 0.2) is 11.5 Å². The third-order valence-electron chi connectivity index (χ3n) is 2.86. The Morgan fingerprint density at radius 2 is 2.22 bits per heavy atom. The minimum absolute atomic E-state index is 0.0191. The first-order chi connectivity index (χ1) is 8.69. The standard InChI is InChI=1S/C13H18N2O3/c1-9(6-14)4-13(16)15-7-10-2-3-11-12(5-10)18-8-17-11/h2-3,5,9H,4,6-8,14H2,1H3,(H,15,16). The molecule has 1 atom stereocenters. The Kier molecular flexibility index (Phi) is 4.04. The summed E-state index contributed by atoms with van der Waals surface area (Å²) in [4.78, 5) is 11.6. The van der Waals surface area contributed by atoms with Crippen LogP contribution in [0.2, 0.25) is 0 Å². The monoisotopic (exact) mass is 250 g/mol. The highest BCUT2D eigenvalue weighted by molar-refractivity contribution is 5.76. The Bertz CT molecular complexity index is 434. The van der Waals surface area contributed by atoms with Gasteiger partial charge in [0.05, 0.1) is 0 Å². The second-order valence-corrected chi connectivity index (χ2v) is 4.51. The van der Waals surface area contributed by atoms with E-state index in [0.717, 1.165) is 17.1 Å². The number of carbonyl (C=O) groups is 1. The molecule has 5 heteroatoms. The lowest BCUT2D eigenvalue weighted by molar-refractivity contribution is -0.122. The number of rotatable bonds is 5. The third-order valence-corrected chi connectivity index (χ3v) is 2.86. The van der Waals surface area contributed by atoms with Crippen molar-refractivity contribution in [1.82, 2.24) is 5.32 Å². The second-order valence-electron chi connectivity index (χ2n) is 4.51. The van der Waals surface area contributed by atoms with E-state index in [1.165, 1.54) is 0 Å². The molecule has 5 nitrogen and oxygen atoms in total. The van der Waals surface area contributed by atoms with E-state index in [9.17, 15) is 4.79 Å². The van der Waals surface area contributed by atoms with Gasteiger partial charge in [0.25, 0.3) is 0 Å². The molecule has 1 unspecified atom stereocenters. The van der Waals surface area contributed by atoms with Crippen molar-refractivity contribution >= 4 is 5.91 Å². The van der Waals surface area contributed by atoms with E-state index in [4.69, 9.17) is 15.2 Å². The molecule has 0 saturated carbocycles. The molecule has 0 radical (unpaired) electrons. The number of fused-ring (bicyclic) bond motifs is 1. The van der Waals surface area contributed by atoms with Crippen LogP contribution in [0.15, 0.2) is 18.2 Å². The number of carbonyl (C=O) groups excluding carboxylic acids is 1. The predicted octanol–water partition coefficient (Wildman–Crippen LogP) is 1.02. The van der Waals surface area contributed by atoms with E-state index < -0.39 is 0 Å². The van der Waals surface area contributed by atoms with Gasteiger partial charge in [-0.1, -0.05) is 13.0 Å². The van der Waals surface area contributed by atoms with Gasteiger partial charge in [-0.15, -0.1) is 0 Å². The SMILES string of the molecule is CC(CN)CC(=O)NCc1ccc2c(c1)OCO2. The maximum absolute atomic E-state index is 11.6. The summed E-state index contributed by atoms with van der Waals surface area (Å²) in [5.74, 6) is 1.71. The fourth-order valence-electron chi connectivity index (χ4n) is 1.72. The lowest BCUT2D eigenvalue weighted by Gasteiger charge is -2.09. The van der Waals surface area contributed by atoms with Crippen molar-refractivity contribution < 1.29 is 14.3 Å². The van der Waals surface area contributed by atoms with Gasteiger partial charge in [-0.05, 0) is 30.2 Å². The summed E-state index contributed by atoms with van der Waals surface area (Å²) < 4.78 is 10.5. The van der Waals surface area contributed by atoms with E-state index in [1.54, 1.807) is 0 Å². The molecule has 1 heterocycles. The topological polar surface area (TPSA) is 73.6 Å². The minimum Gasteiger partial charge on any atom is -0.454 e. The van der Waals surface area contributed by atoms with Crippen LogP contribution in [-0.4, -0.2) is 19.2 Å². The summed E-state index contributed by atoms with van der Waals surface area (Å²) in [6.07, 6.45) is 0.459. The van der Waals surface area contributed by atoms with E-state index in [2.05, 4.69) is 5.32 Å². The summed E-state index contributed by atoms with van der Waals surface area (Å²) in [6.45, 7) is 3.24. The third kappa shape index (κ3) is 3.13. The molecule has 0 spiro atoms. The van der Waals surface area contributed by atoms with Crippen LogP contribution in [0.25, 0.3) is 0 Å². The molecule has 0 aromatic heterocycles. The van der Waals surface area contributed by atoms with Crippen molar-refractivity contribution in [3.8, 4) is 11.5 Å². The zero-order chi connectivity index (χ0) is 13.0. The number of nitrogens with one attached hydrogen (secondary N) is 1. The van der Waals surface area contributed by atoms with E-state index >= 15 is 0 Å². The molecular weight excluding hydrogens is 232 g/mol. The molecule has 3 N–H and O–H groups in total. The molecule has 2 rings (SSSR count). The number of benzene rings is 1. The number of amides is 1. The predicted molar refractivity (Wildman–Crippen MR) is 67.2 cm³/mol. The number of hydrogen-bond donors (Lipinski definition) is 2. The van der Waals surface area contributed by atoms with Crippen molar-refractivity contribution in [2.24, 2.45) is 11.7 Å². The molecule has 1 aromatic carbocycles. The van der Waals surface area contributed by atoms with Gasteiger partial charge < -0.3 is 20.5 Å². The highest BCUT2D eigenvalue weighted by Crippen LogP contribution is 2.32. The first-order valence-corrected chi connectivity index (χ1v) is 6.04. The maximum atomic E-state index is 11.6. The molecule has 1 aliphatic heterocycles. The zero-order valence-corrected chi connectivity index (χ0v) is 10.4. The highest BCUT2D eigenvalue weighted by Gasteiger charge is 2.13. The highest BCUT2D eigenvalue weighted by atomic mass is 16.7. The van der Waals surface area contributed by atoms with Gasteiger partial charge in [0.2, 0.25) is 12.7 Å². The van der Waals surface area contributed by atoms with Gasteiger partial charge in [0.1, 0.15) is 0 Å². The van der Waals surface area contributed by atoms with Crippen LogP contribution in [0.5, 0.6) is 11.5 Å². The molecule has 0 bridgehead atoms. The Labute approximate surface area is 106 Å². The molecule has 18 heavy (non-hydrogen) atoms. The van der Waals surface area contributed by atoms with Crippen molar-refractivity contribution in [2.45, 2.75) is 19.9 Å². The average Bonchev–Trinajstić information content (AvgIpc) is 2.83. The van der Waals surface area contributed by atoms with E-state index in [0.29, 0.717) is 19.5 Å². The average molecular weight is 250 g/mol. The van der Waals surface area contributed by atoms with Crippen molar-refractivity contribution in [3.63, 3.8) is 0 Å². The zero-order valence-electron chi connectivity index (χ0n) is 10.4. The minimum atomic E-state index is 0.0191. The number of ether oxygens (including phenoxy) is 2. The van der Waals surface area contributed by atoms with Gasteiger partial charge in [-0.2, -0.15) is 0 Å².